The van der Waals surface area contributed by atoms with Crippen LogP contribution in [-0.4, -0.2) is 32.1 Å². The first kappa shape index (κ1) is 18.6. The zero-order valence-electron chi connectivity index (χ0n) is 17.1. The predicted molar refractivity (Wildman–Crippen MR) is 117 cm³/mol. The molecule has 3 heterocycles. The molecule has 4 aromatic rings. The highest BCUT2D eigenvalue weighted by Crippen LogP contribution is 2.24. The van der Waals surface area contributed by atoms with Crippen molar-refractivity contribution >= 4 is 16.8 Å². The lowest BCUT2D eigenvalue weighted by Crippen LogP contribution is -2.32. The van der Waals surface area contributed by atoms with Crippen molar-refractivity contribution < 1.29 is 4.79 Å². The van der Waals surface area contributed by atoms with Crippen molar-refractivity contribution in [2.75, 3.05) is 6.54 Å². The van der Waals surface area contributed by atoms with Crippen molar-refractivity contribution in [3.8, 4) is 0 Å². The maximum absolute atomic E-state index is 12.9. The normalized spacial score (nSPS) is 14.0. The molecule has 1 amide bonds. The Morgan fingerprint density at radius 2 is 1.93 bits per heavy atom. The fourth-order valence-electron chi connectivity index (χ4n) is 4.29. The largest absolute Gasteiger partial charge is 0.357 e. The molecule has 1 aliphatic rings. The first-order valence-electron chi connectivity index (χ1n) is 10.3. The summed E-state index contributed by atoms with van der Waals surface area (Å²) in [5, 5.41) is 8.80. The zero-order chi connectivity index (χ0) is 20.5. The van der Waals surface area contributed by atoms with E-state index in [1.54, 1.807) is 0 Å². The van der Waals surface area contributed by atoms with Crippen LogP contribution in [0.3, 0.4) is 0 Å². The average molecular weight is 399 g/mol. The molecule has 5 rings (SSSR count). The maximum atomic E-state index is 12.9. The van der Waals surface area contributed by atoms with Gasteiger partial charge in [-0.25, -0.2) is 0 Å². The van der Waals surface area contributed by atoms with E-state index < -0.39 is 0 Å². The van der Waals surface area contributed by atoms with Crippen LogP contribution in [-0.2, 0) is 33.1 Å². The molecule has 0 aliphatic carbocycles. The molecule has 0 bridgehead atoms. The second-order valence-electron chi connectivity index (χ2n) is 7.91. The number of amides is 1. The third kappa shape index (κ3) is 3.62. The summed E-state index contributed by atoms with van der Waals surface area (Å²) in [6.07, 6.45) is 0.894. The predicted octanol–water partition coefficient (Wildman–Crippen LogP) is 3.39. The molecule has 0 fully saturated rings. The van der Waals surface area contributed by atoms with Gasteiger partial charge in [-0.3, -0.25) is 14.4 Å². The number of H-pyrrole nitrogens is 1. The molecule has 152 valence electrons. The average Bonchev–Trinajstić information content (AvgIpc) is 3.33. The van der Waals surface area contributed by atoms with Gasteiger partial charge in [0.05, 0.1) is 0 Å². The fraction of sp³-hybridized carbons (Fsp3) is 0.250. The van der Waals surface area contributed by atoms with Gasteiger partial charge in [-0.2, -0.15) is 5.10 Å². The van der Waals surface area contributed by atoms with E-state index in [0.29, 0.717) is 12.2 Å². The van der Waals surface area contributed by atoms with Crippen LogP contribution in [0.5, 0.6) is 0 Å². The lowest BCUT2D eigenvalue weighted by Gasteiger charge is -2.27. The van der Waals surface area contributed by atoms with Gasteiger partial charge >= 0.3 is 0 Å². The van der Waals surface area contributed by atoms with Crippen LogP contribution in [0.2, 0.25) is 0 Å². The standard InChI is InChI=1S/C24H25N5O/c1-28-22-11-12-29(15-19-13-18-9-5-6-10-21(18)26-19)16-20(22)23(27-28)24(30)25-14-17-7-3-2-4-8-17/h2-10,13,26H,11-12,14-16H2,1H3,(H,25,30). The molecule has 0 saturated carbocycles. The minimum atomic E-state index is -0.108. The number of benzene rings is 2. The van der Waals surface area contributed by atoms with Crippen molar-refractivity contribution in [2.45, 2.75) is 26.1 Å². The number of fused-ring (bicyclic) bond motifs is 2. The van der Waals surface area contributed by atoms with E-state index in [-0.39, 0.29) is 5.91 Å². The van der Waals surface area contributed by atoms with Crippen molar-refractivity contribution in [3.05, 3.63) is 88.9 Å². The van der Waals surface area contributed by atoms with Gasteiger partial charge in [0.2, 0.25) is 0 Å². The van der Waals surface area contributed by atoms with Gasteiger partial charge in [-0.05, 0) is 23.1 Å². The Morgan fingerprint density at radius 1 is 1.13 bits per heavy atom. The molecule has 0 radical (unpaired) electrons. The monoisotopic (exact) mass is 399 g/mol. The third-order valence-corrected chi connectivity index (χ3v) is 5.81. The number of carbonyl (C=O) groups excluding carboxylic acids is 1. The van der Waals surface area contributed by atoms with Gasteiger partial charge in [0.1, 0.15) is 0 Å². The van der Waals surface area contributed by atoms with Crippen molar-refractivity contribution in [1.82, 2.24) is 25.0 Å². The van der Waals surface area contributed by atoms with E-state index in [4.69, 9.17) is 0 Å². The Hall–Kier alpha value is -3.38. The molecule has 0 unspecified atom stereocenters. The molecule has 0 atom stereocenters. The quantitative estimate of drug-likeness (QED) is 0.541. The third-order valence-electron chi connectivity index (χ3n) is 5.81. The lowest BCUT2D eigenvalue weighted by atomic mass is 10.0. The van der Waals surface area contributed by atoms with Crippen LogP contribution in [0.4, 0.5) is 0 Å². The summed E-state index contributed by atoms with van der Waals surface area (Å²) in [5.41, 5.74) is 6.19. The van der Waals surface area contributed by atoms with Crippen LogP contribution in [0.25, 0.3) is 10.9 Å². The van der Waals surface area contributed by atoms with Crippen molar-refractivity contribution in [2.24, 2.45) is 7.05 Å². The number of nitrogens with zero attached hydrogens (tertiary/aromatic N) is 3. The number of nitrogens with one attached hydrogen (secondary N) is 2. The van der Waals surface area contributed by atoms with E-state index in [0.717, 1.165) is 48.4 Å². The Bertz CT molecular complexity index is 1160. The smallest absolute Gasteiger partial charge is 0.272 e. The highest BCUT2D eigenvalue weighted by molar-refractivity contribution is 5.94. The number of hydrogen-bond donors (Lipinski definition) is 2. The Labute approximate surface area is 175 Å². The first-order valence-corrected chi connectivity index (χ1v) is 10.3. The van der Waals surface area contributed by atoms with Gasteiger partial charge in [0.25, 0.3) is 5.91 Å². The summed E-state index contributed by atoms with van der Waals surface area (Å²) in [5.74, 6) is -0.108. The van der Waals surface area contributed by atoms with E-state index in [1.807, 2.05) is 48.1 Å². The number of para-hydroxylation sites is 1. The Balaban J connectivity index is 1.32. The first-order chi connectivity index (χ1) is 14.7. The molecule has 30 heavy (non-hydrogen) atoms. The molecule has 6 nitrogen and oxygen atoms in total. The van der Waals surface area contributed by atoms with E-state index in [1.165, 1.54) is 11.1 Å². The highest BCUT2D eigenvalue weighted by atomic mass is 16.1. The molecule has 0 saturated heterocycles. The Kier molecular flexibility index (Phi) is 4.85. The van der Waals surface area contributed by atoms with Crippen LogP contribution >= 0.6 is 0 Å². The zero-order valence-corrected chi connectivity index (χ0v) is 17.1. The second-order valence-corrected chi connectivity index (χ2v) is 7.91. The number of aryl methyl sites for hydroxylation is 1. The van der Waals surface area contributed by atoms with Crippen molar-refractivity contribution in [3.63, 3.8) is 0 Å². The maximum Gasteiger partial charge on any atom is 0.272 e. The van der Waals surface area contributed by atoms with E-state index in [9.17, 15) is 4.79 Å². The molecule has 2 aromatic carbocycles. The van der Waals surface area contributed by atoms with Crippen LogP contribution in [0.15, 0.2) is 60.7 Å². The minimum absolute atomic E-state index is 0.108. The lowest BCUT2D eigenvalue weighted by molar-refractivity contribution is 0.0942. The van der Waals surface area contributed by atoms with E-state index >= 15 is 0 Å². The van der Waals surface area contributed by atoms with Crippen LogP contribution < -0.4 is 5.32 Å². The number of aromatic nitrogens is 3. The topological polar surface area (TPSA) is 66.0 Å². The SMILES string of the molecule is Cn1nc(C(=O)NCc2ccccc2)c2c1CCN(Cc1cc3ccccc3[nH]1)C2. The summed E-state index contributed by atoms with van der Waals surface area (Å²) in [6.45, 7) is 3.01. The molecule has 1 aliphatic heterocycles. The van der Waals surface area contributed by atoms with Gasteiger partial charge in [-0.15, -0.1) is 0 Å². The summed E-state index contributed by atoms with van der Waals surface area (Å²) in [6, 6.07) is 20.5. The van der Waals surface area contributed by atoms with Crippen LogP contribution in [0.1, 0.15) is 33.0 Å². The number of carbonyl (C=O) groups is 1. The number of hydrogen-bond acceptors (Lipinski definition) is 3. The van der Waals surface area contributed by atoms with Gasteiger partial charge < -0.3 is 10.3 Å². The van der Waals surface area contributed by atoms with Crippen LogP contribution in [0, 0.1) is 0 Å². The molecule has 2 aromatic heterocycles. The highest BCUT2D eigenvalue weighted by Gasteiger charge is 2.27. The molecule has 2 N–H and O–H groups in total. The molecular formula is C24H25N5O. The summed E-state index contributed by atoms with van der Waals surface area (Å²) in [4.78, 5) is 18.8. The summed E-state index contributed by atoms with van der Waals surface area (Å²) < 4.78 is 1.87. The molecular weight excluding hydrogens is 374 g/mol. The second kappa shape index (κ2) is 7.80. The number of rotatable bonds is 5. The Morgan fingerprint density at radius 3 is 2.77 bits per heavy atom. The van der Waals surface area contributed by atoms with Gasteiger partial charge in [-0.1, -0.05) is 48.5 Å². The number of aromatic amines is 1. The van der Waals surface area contributed by atoms with E-state index in [2.05, 4.69) is 44.6 Å². The van der Waals surface area contributed by atoms with Crippen molar-refractivity contribution in [1.29, 1.82) is 0 Å². The van der Waals surface area contributed by atoms with Gasteiger partial charge in [0, 0.05) is 62.1 Å². The minimum Gasteiger partial charge on any atom is -0.357 e. The van der Waals surface area contributed by atoms with Gasteiger partial charge in [0.15, 0.2) is 5.69 Å². The summed E-state index contributed by atoms with van der Waals surface area (Å²) in [7, 11) is 1.93. The molecule has 0 spiro atoms. The fourth-order valence-corrected chi connectivity index (χ4v) is 4.29. The molecule has 6 heteroatoms. The summed E-state index contributed by atoms with van der Waals surface area (Å²) >= 11 is 0.